The van der Waals surface area contributed by atoms with Gasteiger partial charge in [-0.05, 0) is 48.0 Å². The molecule has 0 saturated heterocycles. The molecule has 0 spiro atoms. The third-order valence-corrected chi connectivity index (χ3v) is 6.02. The number of aliphatic hydroxyl groups excluding tert-OH is 1. The molecular weight excluding hydrogens is 458 g/mol. The average Bonchev–Trinajstić information content (AvgIpc) is 3.38. The van der Waals surface area contributed by atoms with Crippen LogP contribution in [0.15, 0.2) is 88.5 Å². The zero-order valence-corrected chi connectivity index (χ0v) is 18.6. The number of ether oxygens (including phenoxy) is 1. The molecule has 170 valence electrons. The maximum atomic E-state index is 13.6. The van der Waals surface area contributed by atoms with Crippen LogP contribution in [-0.4, -0.2) is 29.0 Å². The highest BCUT2D eigenvalue weighted by Gasteiger charge is 2.45. The number of halogens is 1. The van der Waals surface area contributed by atoms with Crippen molar-refractivity contribution in [1.82, 2.24) is 0 Å². The third kappa shape index (κ3) is 3.47. The number of hydrogen-bond acceptors (Lipinski definition) is 6. The fourth-order valence-corrected chi connectivity index (χ4v) is 4.36. The first-order valence-electron chi connectivity index (χ1n) is 10.3. The minimum absolute atomic E-state index is 0.00561. The van der Waals surface area contributed by atoms with Crippen LogP contribution in [-0.2, 0) is 4.79 Å². The number of hydrogen-bond donors (Lipinski definition) is 2. The number of ketones is 1. The minimum atomic E-state index is -0.988. The highest BCUT2D eigenvalue weighted by Crippen LogP contribution is 2.44. The summed E-state index contributed by atoms with van der Waals surface area (Å²) in [6, 6.07) is 18.5. The smallest absolute Gasteiger partial charge is 0.294 e. The van der Waals surface area contributed by atoms with E-state index in [0.29, 0.717) is 22.6 Å². The summed E-state index contributed by atoms with van der Waals surface area (Å²) in [4.78, 5) is 28.1. The number of methoxy groups -OCH3 is 1. The molecule has 1 amide bonds. The monoisotopic (exact) mass is 475 g/mol. The molecule has 0 saturated carbocycles. The Balaban J connectivity index is 1.66. The molecule has 2 heterocycles. The Hall–Kier alpha value is -4.23. The number of aromatic hydroxyl groups is 1. The van der Waals surface area contributed by atoms with E-state index in [-0.39, 0.29) is 22.1 Å². The number of aliphatic hydroxyl groups is 1. The molecule has 0 fully saturated rings. The van der Waals surface area contributed by atoms with Gasteiger partial charge in [-0.1, -0.05) is 41.9 Å². The van der Waals surface area contributed by atoms with Crippen molar-refractivity contribution in [2.75, 3.05) is 12.0 Å². The van der Waals surface area contributed by atoms with E-state index >= 15 is 0 Å². The van der Waals surface area contributed by atoms with Crippen molar-refractivity contribution >= 4 is 39.9 Å². The Morgan fingerprint density at radius 2 is 1.76 bits per heavy atom. The first kappa shape index (κ1) is 21.6. The molecule has 0 radical (unpaired) electrons. The first-order chi connectivity index (χ1) is 16.4. The van der Waals surface area contributed by atoms with E-state index < -0.39 is 23.5 Å². The lowest BCUT2D eigenvalue weighted by Crippen LogP contribution is -2.31. The van der Waals surface area contributed by atoms with Crippen molar-refractivity contribution in [1.29, 1.82) is 0 Å². The number of Topliss-reactive ketones (excluding diaryl/α,β-unsaturated/α-hetero) is 1. The SMILES string of the molecule is COc1ccc(N2C(=O)C(O)=C(C(=O)c3cc4ccccc4o3)C2c2ccc(O)cc2)cc1Cl. The molecule has 7 nitrogen and oxygen atoms in total. The van der Waals surface area contributed by atoms with E-state index in [1.54, 1.807) is 48.5 Å². The van der Waals surface area contributed by atoms with Crippen LogP contribution in [0.4, 0.5) is 5.69 Å². The zero-order chi connectivity index (χ0) is 24.0. The number of amides is 1. The highest BCUT2D eigenvalue weighted by molar-refractivity contribution is 6.32. The standard InChI is InChI=1S/C26H18ClNO6/c1-33-20-11-8-16(13-18(20)27)28-23(14-6-9-17(29)10-7-14)22(25(31)26(28)32)24(30)21-12-15-4-2-3-5-19(15)34-21/h2-13,23,29,31H,1H3. The molecule has 0 bridgehead atoms. The summed E-state index contributed by atoms with van der Waals surface area (Å²) in [6.07, 6.45) is 0. The summed E-state index contributed by atoms with van der Waals surface area (Å²) in [5.74, 6) is -1.65. The number of anilines is 1. The Kier molecular flexibility index (Phi) is 5.26. The van der Waals surface area contributed by atoms with Crippen molar-refractivity contribution in [2.24, 2.45) is 0 Å². The second-order valence-corrected chi connectivity index (χ2v) is 8.14. The molecule has 1 aliphatic rings. The number of para-hydroxylation sites is 1. The van der Waals surface area contributed by atoms with Crippen LogP contribution >= 0.6 is 11.6 Å². The van der Waals surface area contributed by atoms with E-state index in [2.05, 4.69) is 0 Å². The van der Waals surface area contributed by atoms with Gasteiger partial charge in [0, 0.05) is 11.1 Å². The van der Waals surface area contributed by atoms with Crippen molar-refractivity contribution < 1.29 is 29.0 Å². The number of fused-ring (bicyclic) bond motifs is 1. The number of furan rings is 1. The maximum Gasteiger partial charge on any atom is 0.294 e. The first-order valence-corrected chi connectivity index (χ1v) is 10.7. The molecule has 5 rings (SSSR count). The molecule has 2 N–H and O–H groups in total. The van der Waals surface area contributed by atoms with E-state index in [0.717, 1.165) is 5.39 Å². The van der Waals surface area contributed by atoms with Crippen LogP contribution in [0.3, 0.4) is 0 Å². The topological polar surface area (TPSA) is 100 Å². The lowest BCUT2D eigenvalue weighted by Gasteiger charge is -2.27. The van der Waals surface area contributed by atoms with Gasteiger partial charge in [0.2, 0.25) is 5.78 Å². The number of carbonyl (C=O) groups excluding carboxylic acids is 2. The molecule has 3 aromatic carbocycles. The summed E-state index contributed by atoms with van der Waals surface area (Å²) in [5.41, 5.74) is 1.23. The summed E-state index contributed by atoms with van der Waals surface area (Å²) < 4.78 is 10.9. The predicted molar refractivity (Wildman–Crippen MR) is 127 cm³/mol. The van der Waals surface area contributed by atoms with Gasteiger partial charge in [0.05, 0.1) is 23.7 Å². The molecule has 8 heteroatoms. The zero-order valence-electron chi connectivity index (χ0n) is 17.9. The Labute approximate surface area is 199 Å². The van der Waals surface area contributed by atoms with Gasteiger partial charge >= 0.3 is 0 Å². The average molecular weight is 476 g/mol. The Morgan fingerprint density at radius 1 is 1.03 bits per heavy atom. The van der Waals surface area contributed by atoms with Gasteiger partial charge < -0.3 is 19.4 Å². The van der Waals surface area contributed by atoms with Crippen LogP contribution < -0.4 is 9.64 Å². The highest BCUT2D eigenvalue weighted by atomic mass is 35.5. The molecule has 1 aromatic heterocycles. The van der Waals surface area contributed by atoms with E-state index in [4.69, 9.17) is 20.8 Å². The fourth-order valence-electron chi connectivity index (χ4n) is 4.11. The molecule has 1 unspecified atom stereocenters. The predicted octanol–water partition coefficient (Wildman–Crippen LogP) is 5.58. The van der Waals surface area contributed by atoms with Crippen LogP contribution in [0.1, 0.15) is 22.2 Å². The van der Waals surface area contributed by atoms with Gasteiger partial charge in [0.15, 0.2) is 11.5 Å². The number of phenolic OH excluding ortho intramolecular Hbond substituents is 1. The van der Waals surface area contributed by atoms with E-state index in [9.17, 15) is 19.8 Å². The van der Waals surface area contributed by atoms with E-state index in [1.807, 2.05) is 6.07 Å². The quantitative estimate of drug-likeness (QED) is 0.365. The Morgan fingerprint density at radius 3 is 2.44 bits per heavy atom. The lowest BCUT2D eigenvalue weighted by atomic mass is 9.94. The molecule has 1 aliphatic heterocycles. The van der Waals surface area contributed by atoms with Gasteiger partial charge in [-0.25, -0.2) is 0 Å². The van der Waals surface area contributed by atoms with Crippen molar-refractivity contribution in [3.05, 3.63) is 100 Å². The minimum Gasteiger partial charge on any atom is -0.508 e. The Bertz CT molecular complexity index is 1440. The fraction of sp³-hybridized carbons (Fsp3) is 0.0769. The number of nitrogens with zero attached hydrogens (tertiary/aromatic N) is 1. The number of phenols is 1. The molecule has 34 heavy (non-hydrogen) atoms. The number of benzene rings is 3. The van der Waals surface area contributed by atoms with Crippen LogP contribution in [0.25, 0.3) is 11.0 Å². The molecular formula is C26H18ClNO6. The molecule has 4 aromatic rings. The maximum absolute atomic E-state index is 13.6. The molecule has 0 aliphatic carbocycles. The lowest BCUT2D eigenvalue weighted by molar-refractivity contribution is -0.117. The van der Waals surface area contributed by atoms with Crippen molar-refractivity contribution in [3.63, 3.8) is 0 Å². The second kappa shape index (κ2) is 8.28. The third-order valence-electron chi connectivity index (χ3n) is 5.72. The summed E-state index contributed by atoms with van der Waals surface area (Å²) >= 11 is 6.29. The number of rotatable bonds is 5. The number of carbonyl (C=O) groups is 2. The van der Waals surface area contributed by atoms with Gasteiger partial charge in [-0.2, -0.15) is 0 Å². The van der Waals surface area contributed by atoms with Crippen LogP contribution in [0.5, 0.6) is 11.5 Å². The summed E-state index contributed by atoms with van der Waals surface area (Å²) in [6.45, 7) is 0. The van der Waals surface area contributed by atoms with Crippen molar-refractivity contribution in [2.45, 2.75) is 6.04 Å². The van der Waals surface area contributed by atoms with E-state index in [1.165, 1.54) is 30.2 Å². The van der Waals surface area contributed by atoms with Gasteiger partial charge in [-0.3, -0.25) is 14.5 Å². The summed E-state index contributed by atoms with van der Waals surface area (Å²) in [7, 11) is 1.47. The second-order valence-electron chi connectivity index (χ2n) is 7.73. The van der Waals surface area contributed by atoms with Gasteiger partial charge in [0.25, 0.3) is 5.91 Å². The molecule has 1 atom stereocenters. The normalized spacial score (nSPS) is 15.9. The summed E-state index contributed by atoms with van der Waals surface area (Å²) in [5, 5.41) is 21.6. The van der Waals surface area contributed by atoms with Gasteiger partial charge in [-0.15, -0.1) is 0 Å². The van der Waals surface area contributed by atoms with Crippen LogP contribution in [0, 0.1) is 0 Å². The largest absolute Gasteiger partial charge is 0.508 e. The van der Waals surface area contributed by atoms with Crippen LogP contribution in [0.2, 0.25) is 5.02 Å². The van der Waals surface area contributed by atoms with Gasteiger partial charge in [0.1, 0.15) is 17.1 Å². The van der Waals surface area contributed by atoms with Crippen molar-refractivity contribution in [3.8, 4) is 11.5 Å².